The summed E-state index contributed by atoms with van der Waals surface area (Å²) in [4.78, 5) is 38.5. The number of carboxylic acids is 2. The van der Waals surface area contributed by atoms with Crippen molar-refractivity contribution in [1.82, 2.24) is 9.80 Å². The number of carbonyl (C=O) groups excluding carboxylic acids is 1. The number of likely N-dealkylation sites (N-methyl/N-ethyl adjacent to an activating group) is 1. The van der Waals surface area contributed by atoms with Crippen LogP contribution in [0.3, 0.4) is 0 Å². The van der Waals surface area contributed by atoms with Gasteiger partial charge in [0, 0.05) is 48.1 Å². The number of hydrogen-bond acceptors (Lipinski definition) is 5. The number of rotatable bonds is 5. The molecule has 0 aromatic heterocycles. The van der Waals surface area contributed by atoms with Crippen LogP contribution in [-0.4, -0.2) is 71.1 Å². The number of piperazine rings is 1. The summed E-state index contributed by atoms with van der Waals surface area (Å²) in [5.74, 6) is -2.37. The van der Waals surface area contributed by atoms with Gasteiger partial charge < -0.3 is 20.0 Å². The number of benzene rings is 2. The van der Waals surface area contributed by atoms with Crippen molar-refractivity contribution in [3.63, 3.8) is 0 Å². The minimum absolute atomic E-state index is 0.148. The van der Waals surface area contributed by atoms with Crippen molar-refractivity contribution in [3.8, 4) is 0 Å². The van der Waals surface area contributed by atoms with Crippen LogP contribution in [0.4, 0.5) is 0 Å². The van der Waals surface area contributed by atoms with Crippen LogP contribution in [0, 0.1) is 6.92 Å². The standard InChI is InChI=1S/C19H22N2OS.C4H4O4/c1-15-7-3-5-9-17(15)23-18-10-6-4-8-16(18)19(22)21-13-11-20(2)12-14-21;5-3(6)1-2-4(7)8/h3-10H,11-14H2,1-2H3;1-2H,(H,5,6)(H,7,8)/b;2-1-. The molecule has 0 unspecified atom stereocenters. The molecule has 1 fully saturated rings. The Hall–Kier alpha value is -3.10. The summed E-state index contributed by atoms with van der Waals surface area (Å²) in [5.41, 5.74) is 2.05. The number of carboxylic acid groups (broad SMARTS) is 2. The molecule has 1 heterocycles. The van der Waals surface area contributed by atoms with E-state index < -0.39 is 11.9 Å². The molecular formula is C23H26N2O5S. The molecule has 1 amide bonds. The zero-order valence-electron chi connectivity index (χ0n) is 17.5. The number of aliphatic carboxylic acids is 2. The highest BCUT2D eigenvalue weighted by Gasteiger charge is 2.22. The van der Waals surface area contributed by atoms with Crippen molar-refractivity contribution < 1.29 is 24.6 Å². The molecule has 164 valence electrons. The molecular weight excluding hydrogens is 416 g/mol. The van der Waals surface area contributed by atoms with Crippen LogP contribution in [0.15, 0.2) is 70.5 Å². The molecule has 1 aliphatic rings. The van der Waals surface area contributed by atoms with Gasteiger partial charge in [-0.3, -0.25) is 4.79 Å². The van der Waals surface area contributed by atoms with E-state index >= 15 is 0 Å². The number of carbonyl (C=O) groups is 3. The van der Waals surface area contributed by atoms with Gasteiger partial charge in [-0.05, 0) is 37.7 Å². The van der Waals surface area contributed by atoms with Crippen LogP contribution in [0.1, 0.15) is 15.9 Å². The van der Waals surface area contributed by atoms with Crippen molar-refractivity contribution in [1.29, 1.82) is 0 Å². The van der Waals surface area contributed by atoms with Gasteiger partial charge in [-0.2, -0.15) is 0 Å². The van der Waals surface area contributed by atoms with Crippen molar-refractivity contribution in [2.24, 2.45) is 0 Å². The fraction of sp³-hybridized carbons (Fsp3) is 0.261. The van der Waals surface area contributed by atoms with Crippen LogP contribution < -0.4 is 0 Å². The first-order chi connectivity index (χ1) is 14.8. The normalized spacial score (nSPS) is 14.1. The smallest absolute Gasteiger partial charge is 0.328 e. The molecule has 31 heavy (non-hydrogen) atoms. The molecule has 2 aromatic rings. The Morgan fingerprint density at radius 2 is 1.35 bits per heavy atom. The highest BCUT2D eigenvalue weighted by molar-refractivity contribution is 7.99. The third kappa shape index (κ3) is 7.92. The maximum absolute atomic E-state index is 12.9. The Bertz CT molecular complexity index is 936. The van der Waals surface area contributed by atoms with Crippen molar-refractivity contribution in [3.05, 3.63) is 71.8 Å². The van der Waals surface area contributed by atoms with Crippen LogP contribution in [-0.2, 0) is 9.59 Å². The van der Waals surface area contributed by atoms with E-state index in [9.17, 15) is 14.4 Å². The molecule has 3 rings (SSSR count). The van der Waals surface area contributed by atoms with Gasteiger partial charge in [0.25, 0.3) is 5.91 Å². The molecule has 2 N–H and O–H groups in total. The van der Waals surface area contributed by atoms with Gasteiger partial charge in [-0.1, -0.05) is 42.1 Å². The SMILES string of the molecule is Cc1ccccc1Sc1ccccc1C(=O)N1CCN(C)CC1.O=C(O)/C=C\C(=O)O. The number of nitrogens with zero attached hydrogens (tertiary/aromatic N) is 2. The lowest BCUT2D eigenvalue weighted by Crippen LogP contribution is -2.47. The summed E-state index contributed by atoms with van der Waals surface area (Å²) < 4.78 is 0. The molecule has 0 saturated carbocycles. The van der Waals surface area contributed by atoms with Gasteiger partial charge in [0.2, 0.25) is 0 Å². The van der Waals surface area contributed by atoms with Gasteiger partial charge in [0.1, 0.15) is 0 Å². The molecule has 1 saturated heterocycles. The number of aryl methyl sites for hydroxylation is 1. The van der Waals surface area contributed by atoms with Crippen LogP contribution in [0.5, 0.6) is 0 Å². The van der Waals surface area contributed by atoms with Gasteiger partial charge >= 0.3 is 11.9 Å². The van der Waals surface area contributed by atoms with Gasteiger partial charge in [0.15, 0.2) is 0 Å². The maximum atomic E-state index is 12.9. The third-order valence-electron chi connectivity index (χ3n) is 4.59. The average Bonchev–Trinajstić information content (AvgIpc) is 2.75. The average molecular weight is 443 g/mol. The summed E-state index contributed by atoms with van der Waals surface area (Å²) in [6.45, 7) is 5.60. The lowest BCUT2D eigenvalue weighted by molar-refractivity contribution is -0.134. The molecule has 0 spiro atoms. The second-order valence-corrected chi connectivity index (χ2v) is 8.05. The Morgan fingerprint density at radius 3 is 1.90 bits per heavy atom. The monoisotopic (exact) mass is 442 g/mol. The predicted molar refractivity (Wildman–Crippen MR) is 120 cm³/mol. The summed E-state index contributed by atoms with van der Waals surface area (Å²) in [7, 11) is 2.10. The van der Waals surface area contributed by atoms with E-state index in [1.807, 2.05) is 41.3 Å². The minimum atomic E-state index is -1.26. The molecule has 0 radical (unpaired) electrons. The minimum Gasteiger partial charge on any atom is -0.478 e. The topological polar surface area (TPSA) is 98.2 Å². The van der Waals surface area contributed by atoms with Gasteiger partial charge in [-0.25, -0.2) is 9.59 Å². The second-order valence-electron chi connectivity index (χ2n) is 6.97. The van der Waals surface area contributed by atoms with Gasteiger partial charge in [0.05, 0.1) is 5.56 Å². The van der Waals surface area contributed by atoms with Crippen LogP contribution >= 0.6 is 11.8 Å². The van der Waals surface area contributed by atoms with Crippen molar-refractivity contribution >= 4 is 29.6 Å². The number of amides is 1. The van der Waals surface area contributed by atoms with E-state index in [-0.39, 0.29) is 5.91 Å². The zero-order valence-corrected chi connectivity index (χ0v) is 18.3. The number of hydrogen-bond donors (Lipinski definition) is 2. The van der Waals surface area contributed by atoms with E-state index in [4.69, 9.17) is 10.2 Å². The highest BCUT2D eigenvalue weighted by Crippen LogP contribution is 2.33. The Balaban J connectivity index is 0.000000366. The van der Waals surface area contributed by atoms with E-state index in [1.54, 1.807) is 11.8 Å². The molecule has 2 aromatic carbocycles. The van der Waals surface area contributed by atoms with Crippen molar-refractivity contribution in [2.45, 2.75) is 16.7 Å². The second kappa shape index (κ2) is 11.9. The summed E-state index contributed by atoms with van der Waals surface area (Å²) in [5, 5.41) is 15.6. The molecule has 0 bridgehead atoms. The summed E-state index contributed by atoms with van der Waals surface area (Å²) in [6, 6.07) is 16.2. The molecule has 1 aliphatic heterocycles. The van der Waals surface area contributed by atoms with Gasteiger partial charge in [-0.15, -0.1) is 0 Å². The first-order valence-electron chi connectivity index (χ1n) is 9.72. The predicted octanol–water partition coefficient (Wildman–Crippen LogP) is 3.25. The maximum Gasteiger partial charge on any atom is 0.328 e. The molecule has 0 aliphatic carbocycles. The Morgan fingerprint density at radius 1 is 0.839 bits per heavy atom. The van der Waals surface area contributed by atoms with Crippen molar-refractivity contribution in [2.75, 3.05) is 33.2 Å². The quantitative estimate of drug-likeness (QED) is 0.686. The van der Waals surface area contributed by atoms with Crippen LogP contribution in [0.2, 0.25) is 0 Å². The van der Waals surface area contributed by atoms with E-state index in [2.05, 4.69) is 31.0 Å². The lowest BCUT2D eigenvalue weighted by atomic mass is 10.2. The lowest BCUT2D eigenvalue weighted by Gasteiger charge is -2.32. The Labute approximate surface area is 186 Å². The highest BCUT2D eigenvalue weighted by atomic mass is 32.2. The fourth-order valence-corrected chi connectivity index (χ4v) is 3.87. The molecule has 8 heteroatoms. The molecule has 7 nitrogen and oxygen atoms in total. The van der Waals surface area contributed by atoms with E-state index in [0.717, 1.165) is 36.6 Å². The summed E-state index contributed by atoms with van der Waals surface area (Å²) >= 11 is 1.68. The Kier molecular flexibility index (Phi) is 9.30. The van der Waals surface area contributed by atoms with Crippen LogP contribution in [0.25, 0.3) is 0 Å². The first-order valence-corrected chi connectivity index (χ1v) is 10.5. The summed E-state index contributed by atoms with van der Waals surface area (Å²) in [6.07, 6.45) is 1.12. The van der Waals surface area contributed by atoms with E-state index in [1.165, 1.54) is 10.5 Å². The fourth-order valence-electron chi connectivity index (χ4n) is 2.84. The largest absolute Gasteiger partial charge is 0.478 e. The third-order valence-corrected chi connectivity index (χ3v) is 5.84. The first kappa shape index (κ1) is 24.2. The zero-order chi connectivity index (χ0) is 22.8. The van der Waals surface area contributed by atoms with E-state index in [0.29, 0.717) is 12.2 Å². The molecule has 0 atom stereocenters.